The number of hydrogen-bond acceptors (Lipinski definition) is 3. The molecule has 3 unspecified atom stereocenters. The van der Waals surface area contributed by atoms with Gasteiger partial charge in [0.05, 0.1) is 0 Å². The molecule has 0 aliphatic heterocycles. The monoisotopic (exact) mass is 377 g/mol. The number of hydrogen-bond donors (Lipinski definition) is 2. The lowest BCUT2D eigenvalue weighted by Gasteiger charge is -2.34. The van der Waals surface area contributed by atoms with Gasteiger partial charge in [0.15, 0.2) is 5.96 Å². The average molecular weight is 378 g/mol. The van der Waals surface area contributed by atoms with Gasteiger partial charge >= 0.3 is 0 Å². The third-order valence-electron chi connectivity index (χ3n) is 6.88. The van der Waals surface area contributed by atoms with Crippen molar-refractivity contribution >= 4 is 11.9 Å². The first-order valence-corrected chi connectivity index (χ1v) is 10.8. The number of rotatable bonds is 7. The van der Waals surface area contributed by atoms with Crippen LogP contribution >= 0.6 is 0 Å². The Kier molecular flexibility index (Phi) is 6.66. The van der Waals surface area contributed by atoms with Gasteiger partial charge in [-0.05, 0) is 58.0 Å². The van der Waals surface area contributed by atoms with Crippen molar-refractivity contribution in [3.8, 4) is 0 Å². The van der Waals surface area contributed by atoms with Gasteiger partial charge in [0.25, 0.3) is 0 Å². The molecule has 154 valence electrons. The Hall–Kier alpha value is -1.30. The number of fused-ring (bicyclic) bond motifs is 2. The van der Waals surface area contributed by atoms with Crippen LogP contribution in [0.25, 0.3) is 0 Å². The van der Waals surface area contributed by atoms with Crippen LogP contribution in [-0.2, 0) is 4.79 Å². The Labute approximate surface area is 165 Å². The maximum atomic E-state index is 12.0. The highest BCUT2D eigenvalue weighted by Gasteiger charge is 2.40. The van der Waals surface area contributed by atoms with Crippen LogP contribution in [0.2, 0.25) is 0 Å². The van der Waals surface area contributed by atoms with Crippen LogP contribution in [0.1, 0.15) is 51.4 Å². The highest BCUT2D eigenvalue weighted by atomic mass is 16.2. The van der Waals surface area contributed by atoms with Crippen LogP contribution in [-0.4, -0.2) is 75.5 Å². The lowest BCUT2D eigenvalue weighted by Crippen LogP contribution is -2.50. The van der Waals surface area contributed by atoms with Gasteiger partial charge in [0.2, 0.25) is 5.91 Å². The third kappa shape index (κ3) is 5.37. The number of nitrogens with zero attached hydrogens (tertiary/aromatic N) is 3. The Bertz CT molecular complexity index is 539. The van der Waals surface area contributed by atoms with Crippen molar-refractivity contribution in [3.63, 3.8) is 0 Å². The molecule has 3 rings (SSSR count). The van der Waals surface area contributed by atoms with E-state index in [1.165, 1.54) is 51.4 Å². The number of carbonyl (C=O) groups is 1. The normalized spacial score (nSPS) is 29.4. The zero-order chi connectivity index (χ0) is 19.4. The fourth-order valence-electron chi connectivity index (χ4n) is 5.50. The van der Waals surface area contributed by atoms with E-state index < -0.39 is 0 Å². The molecule has 27 heavy (non-hydrogen) atoms. The number of amides is 1. The summed E-state index contributed by atoms with van der Waals surface area (Å²) in [7, 11) is 7.91. The molecular weight excluding hydrogens is 338 g/mol. The first-order chi connectivity index (χ1) is 12.9. The third-order valence-corrected chi connectivity index (χ3v) is 6.88. The molecule has 3 aliphatic carbocycles. The van der Waals surface area contributed by atoms with Gasteiger partial charge in [-0.1, -0.05) is 19.3 Å². The van der Waals surface area contributed by atoms with Gasteiger partial charge in [0, 0.05) is 38.6 Å². The SMILES string of the molecule is CN(C)CC1(CNC(=NCC(=O)N(C)C)NC2CC3CCC2C3)CCCC1. The fourth-order valence-corrected chi connectivity index (χ4v) is 5.50. The number of carbonyl (C=O) groups excluding carboxylic acids is 1. The van der Waals surface area contributed by atoms with E-state index in [1.54, 1.807) is 19.0 Å². The van der Waals surface area contributed by atoms with Crippen molar-refractivity contribution in [2.45, 2.75) is 57.4 Å². The quantitative estimate of drug-likeness (QED) is 0.526. The van der Waals surface area contributed by atoms with Crippen molar-refractivity contribution in [1.29, 1.82) is 0 Å². The van der Waals surface area contributed by atoms with Crippen LogP contribution in [0.4, 0.5) is 0 Å². The first-order valence-electron chi connectivity index (χ1n) is 10.8. The topological polar surface area (TPSA) is 60.0 Å². The molecule has 0 aromatic heterocycles. The van der Waals surface area contributed by atoms with E-state index in [-0.39, 0.29) is 12.5 Å². The van der Waals surface area contributed by atoms with Crippen molar-refractivity contribution < 1.29 is 4.79 Å². The van der Waals surface area contributed by atoms with Crippen LogP contribution in [0, 0.1) is 17.3 Å². The minimum Gasteiger partial charge on any atom is -0.356 e. The van der Waals surface area contributed by atoms with Crippen molar-refractivity contribution in [3.05, 3.63) is 0 Å². The Morgan fingerprint density at radius 2 is 1.85 bits per heavy atom. The van der Waals surface area contributed by atoms with E-state index in [1.807, 2.05) is 0 Å². The molecule has 6 heteroatoms. The van der Waals surface area contributed by atoms with Gasteiger partial charge in [0.1, 0.15) is 6.54 Å². The summed E-state index contributed by atoms with van der Waals surface area (Å²) in [5, 5.41) is 7.32. The predicted molar refractivity (Wildman–Crippen MR) is 111 cm³/mol. The molecule has 3 atom stereocenters. The predicted octanol–water partition coefficient (Wildman–Crippen LogP) is 1.92. The molecule has 6 nitrogen and oxygen atoms in total. The summed E-state index contributed by atoms with van der Waals surface area (Å²) in [4.78, 5) is 20.6. The Morgan fingerprint density at radius 1 is 1.11 bits per heavy atom. The molecule has 2 bridgehead atoms. The summed E-state index contributed by atoms with van der Waals surface area (Å²) in [5.41, 5.74) is 0.326. The zero-order valence-corrected chi connectivity index (χ0v) is 17.8. The standard InChI is InChI=1S/C21H39N5O/c1-25(2)15-21(9-5-6-10-21)14-23-20(22-13-19(27)26(3)4)24-18-12-16-7-8-17(18)11-16/h16-18H,5-15H2,1-4H3,(H2,22,23,24). The van der Waals surface area contributed by atoms with Gasteiger partial charge in [-0.15, -0.1) is 0 Å². The number of nitrogens with one attached hydrogen (secondary N) is 2. The molecule has 0 aromatic carbocycles. The maximum absolute atomic E-state index is 12.0. The van der Waals surface area contributed by atoms with Gasteiger partial charge < -0.3 is 20.4 Å². The number of likely N-dealkylation sites (N-methyl/N-ethyl adjacent to an activating group) is 1. The molecule has 0 aromatic rings. The molecule has 0 spiro atoms. The molecular formula is C21H39N5O. The second-order valence-corrected chi connectivity index (χ2v) is 9.68. The summed E-state index contributed by atoms with van der Waals surface area (Å²) >= 11 is 0. The number of guanidine groups is 1. The van der Waals surface area contributed by atoms with Crippen LogP contribution in [0.5, 0.6) is 0 Å². The lowest BCUT2D eigenvalue weighted by atomic mass is 9.85. The summed E-state index contributed by atoms with van der Waals surface area (Å²) < 4.78 is 0. The smallest absolute Gasteiger partial charge is 0.243 e. The van der Waals surface area contributed by atoms with Gasteiger partial charge in [-0.3, -0.25) is 4.79 Å². The summed E-state index contributed by atoms with van der Waals surface area (Å²) in [6.07, 6.45) is 10.6. The van der Waals surface area contributed by atoms with E-state index in [9.17, 15) is 4.79 Å². The highest BCUT2D eigenvalue weighted by molar-refractivity contribution is 5.85. The van der Waals surface area contributed by atoms with Crippen molar-refractivity contribution in [2.75, 3.05) is 47.8 Å². The minimum atomic E-state index is 0.0490. The molecule has 1 amide bonds. The molecule has 0 heterocycles. The maximum Gasteiger partial charge on any atom is 0.243 e. The fraction of sp³-hybridized carbons (Fsp3) is 0.905. The summed E-state index contributed by atoms with van der Waals surface area (Å²) in [6.45, 7) is 2.26. The Morgan fingerprint density at radius 3 is 2.41 bits per heavy atom. The van der Waals surface area contributed by atoms with E-state index in [0.29, 0.717) is 11.5 Å². The van der Waals surface area contributed by atoms with Gasteiger partial charge in [-0.2, -0.15) is 0 Å². The van der Waals surface area contributed by atoms with E-state index in [0.717, 1.165) is 30.9 Å². The minimum absolute atomic E-state index is 0.0490. The summed E-state index contributed by atoms with van der Waals surface area (Å²) in [5.74, 6) is 2.57. The van der Waals surface area contributed by atoms with E-state index in [4.69, 9.17) is 0 Å². The van der Waals surface area contributed by atoms with Crippen molar-refractivity contribution in [2.24, 2.45) is 22.2 Å². The number of aliphatic imine (C=N–C) groups is 1. The first kappa shape index (κ1) is 20.4. The van der Waals surface area contributed by atoms with Gasteiger partial charge in [-0.25, -0.2) is 4.99 Å². The van der Waals surface area contributed by atoms with Crippen LogP contribution in [0.3, 0.4) is 0 Å². The van der Waals surface area contributed by atoms with Crippen LogP contribution < -0.4 is 10.6 Å². The largest absolute Gasteiger partial charge is 0.356 e. The average Bonchev–Trinajstić information content (AvgIpc) is 3.33. The lowest BCUT2D eigenvalue weighted by molar-refractivity contribution is -0.127. The molecule has 3 aliphatic rings. The zero-order valence-electron chi connectivity index (χ0n) is 17.8. The summed E-state index contributed by atoms with van der Waals surface area (Å²) in [6, 6.07) is 0.526. The molecule has 3 fully saturated rings. The highest BCUT2D eigenvalue weighted by Crippen LogP contribution is 2.44. The van der Waals surface area contributed by atoms with E-state index in [2.05, 4.69) is 34.6 Å². The van der Waals surface area contributed by atoms with E-state index >= 15 is 0 Å². The second kappa shape index (κ2) is 8.80. The van der Waals surface area contributed by atoms with Crippen LogP contribution in [0.15, 0.2) is 4.99 Å². The Balaban J connectivity index is 1.63. The van der Waals surface area contributed by atoms with Crippen molar-refractivity contribution in [1.82, 2.24) is 20.4 Å². The molecule has 0 radical (unpaired) electrons. The molecule has 2 N–H and O–H groups in total. The molecule has 3 saturated carbocycles. The second-order valence-electron chi connectivity index (χ2n) is 9.68. The molecule has 0 saturated heterocycles.